The van der Waals surface area contributed by atoms with E-state index in [1.165, 1.54) is 18.3 Å². The summed E-state index contributed by atoms with van der Waals surface area (Å²) in [6.07, 6.45) is 1.68. The molecule has 0 fully saturated rings. The van der Waals surface area contributed by atoms with Crippen LogP contribution in [0.25, 0.3) is 0 Å². The molecular formula is C20H19N3O2S. The van der Waals surface area contributed by atoms with Gasteiger partial charge in [-0.05, 0) is 36.8 Å². The van der Waals surface area contributed by atoms with Gasteiger partial charge in [-0.1, -0.05) is 29.8 Å². The van der Waals surface area contributed by atoms with Crippen molar-refractivity contribution in [2.24, 2.45) is 0 Å². The molecule has 6 heteroatoms. The first-order valence-electron chi connectivity index (χ1n) is 8.17. The Hall–Kier alpha value is -2.99. The lowest BCUT2D eigenvalue weighted by Gasteiger charge is -2.18. The van der Waals surface area contributed by atoms with Crippen LogP contribution < -0.4 is 10.2 Å². The molecule has 0 atom stereocenters. The van der Waals surface area contributed by atoms with Crippen molar-refractivity contribution in [3.8, 4) is 0 Å². The smallest absolute Gasteiger partial charge is 0.255 e. The molecular weight excluding hydrogens is 346 g/mol. The number of amides is 2. The summed E-state index contributed by atoms with van der Waals surface area (Å²) >= 11 is 1.42. The number of hydrogen-bond donors (Lipinski definition) is 1. The van der Waals surface area contributed by atoms with Gasteiger partial charge in [-0.2, -0.15) is 0 Å². The van der Waals surface area contributed by atoms with Crippen molar-refractivity contribution in [1.82, 2.24) is 4.98 Å². The lowest BCUT2D eigenvalue weighted by molar-refractivity contribution is -0.116. The number of nitrogens with zero attached hydrogens (tertiary/aromatic N) is 2. The number of carbonyl (C=O) groups is 2. The number of nitrogens with one attached hydrogen (secondary N) is 1. The van der Waals surface area contributed by atoms with Gasteiger partial charge in [0, 0.05) is 29.8 Å². The Bertz CT molecular complexity index is 922. The molecule has 0 unspecified atom stereocenters. The molecule has 0 radical (unpaired) electrons. The largest absolute Gasteiger partial charge is 0.322 e. The molecule has 0 saturated carbocycles. The minimum Gasteiger partial charge on any atom is -0.322 e. The summed E-state index contributed by atoms with van der Waals surface area (Å²) in [4.78, 5) is 30.2. The fourth-order valence-corrected chi connectivity index (χ4v) is 3.27. The maximum atomic E-state index is 12.4. The molecule has 2 aromatic carbocycles. The second-order valence-electron chi connectivity index (χ2n) is 5.94. The summed E-state index contributed by atoms with van der Waals surface area (Å²) in [6, 6.07) is 14.9. The SMILES string of the molecule is CC(=O)N(Cc1cccc(NC(=O)c2cccc(C)c2)c1)c1nccs1. The second-order valence-corrected chi connectivity index (χ2v) is 6.82. The predicted molar refractivity (Wildman–Crippen MR) is 105 cm³/mol. The van der Waals surface area contributed by atoms with Crippen molar-refractivity contribution in [3.05, 3.63) is 76.8 Å². The zero-order valence-electron chi connectivity index (χ0n) is 14.6. The maximum Gasteiger partial charge on any atom is 0.255 e. The Labute approximate surface area is 156 Å². The highest BCUT2D eigenvalue weighted by atomic mass is 32.1. The number of carbonyl (C=O) groups excluding carboxylic acids is 2. The van der Waals surface area contributed by atoms with E-state index in [4.69, 9.17) is 0 Å². The zero-order valence-corrected chi connectivity index (χ0v) is 15.4. The normalized spacial score (nSPS) is 10.4. The monoisotopic (exact) mass is 365 g/mol. The molecule has 132 valence electrons. The number of hydrogen-bond acceptors (Lipinski definition) is 4. The van der Waals surface area contributed by atoms with Gasteiger partial charge in [-0.25, -0.2) is 4.98 Å². The molecule has 0 aliphatic rings. The molecule has 0 aliphatic heterocycles. The fourth-order valence-electron chi connectivity index (χ4n) is 2.58. The van der Waals surface area contributed by atoms with Gasteiger partial charge < -0.3 is 5.32 Å². The van der Waals surface area contributed by atoms with Crippen LogP contribution in [0.5, 0.6) is 0 Å². The third-order valence-electron chi connectivity index (χ3n) is 3.84. The van der Waals surface area contributed by atoms with E-state index < -0.39 is 0 Å². The summed E-state index contributed by atoms with van der Waals surface area (Å²) < 4.78 is 0. The molecule has 3 rings (SSSR count). The third kappa shape index (κ3) is 4.34. The van der Waals surface area contributed by atoms with Crippen molar-refractivity contribution in [1.29, 1.82) is 0 Å². The van der Waals surface area contributed by atoms with E-state index in [1.54, 1.807) is 17.2 Å². The molecule has 0 saturated heterocycles. The first-order chi connectivity index (χ1) is 12.5. The highest BCUT2D eigenvalue weighted by molar-refractivity contribution is 7.13. The van der Waals surface area contributed by atoms with Crippen molar-refractivity contribution >= 4 is 34.0 Å². The van der Waals surface area contributed by atoms with Crippen LogP contribution in [0.1, 0.15) is 28.4 Å². The molecule has 0 aliphatic carbocycles. The summed E-state index contributed by atoms with van der Waals surface area (Å²) in [6.45, 7) is 3.87. The van der Waals surface area contributed by atoms with Gasteiger partial charge >= 0.3 is 0 Å². The number of aryl methyl sites for hydroxylation is 1. The summed E-state index contributed by atoms with van der Waals surface area (Å²) in [7, 11) is 0. The molecule has 1 N–H and O–H groups in total. The Kier molecular flexibility index (Phi) is 5.43. The quantitative estimate of drug-likeness (QED) is 0.735. The predicted octanol–water partition coefficient (Wildman–Crippen LogP) is 4.26. The minimum atomic E-state index is -0.158. The lowest BCUT2D eigenvalue weighted by Crippen LogP contribution is -2.27. The van der Waals surface area contributed by atoms with Gasteiger partial charge in [-0.15, -0.1) is 11.3 Å². The van der Waals surface area contributed by atoms with Gasteiger partial charge in [0.25, 0.3) is 5.91 Å². The highest BCUT2D eigenvalue weighted by Crippen LogP contribution is 2.21. The standard InChI is InChI=1S/C20H19N3O2S/c1-14-5-3-7-17(11-14)19(25)22-18-8-4-6-16(12-18)13-23(15(2)24)20-21-9-10-26-20/h3-12H,13H2,1-2H3,(H,22,25). The van der Waals surface area contributed by atoms with Crippen LogP contribution in [0.3, 0.4) is 0 Å². The Morgan fingerprint density at radius 2 is 1.96 bits per heavy atom. The number of rotatable bonds is 5. The van der Waals surface area contributed by atoms with E-state index in [0.29, 0.717) is 22.9 Å². The van der Waals surface area contributed by atoms with Crippen LogP contribution in [0.2, 0.25) is 0 Å². The topological polar surface area (TPSA) is 62.3 Å². The highest BCUT2D eigenvalue weighted by Gasteiger charge is 2.15. The number of anilines is 2. The van der Waals surface area contributed by atoms with Gasteiger partial charge in [0.15, 0.2) is 5.13 Å². The van der Waals surface area contributed by atoms with Crippen molar-refractivity contribution in [3.63, 3.8) is 0 Å². The van der Waals surface area contributed by atoms with Crippen LogP contribution in [-0.2, 0) is 11.3 Å². The van der Waals surface area contributed by atoms with Crippen molar-refractivity contribution in [2.75, 3.05) is 10.2 Å². The number of thiazole rings is 1. The molecule has 0 spiro atoms. The Morgan fingerprint density at radius 3 is 2.65 bits per heavy atom. The molecule has 5 nitrogen and oxygen atoms in total. The van der Waals surface area contributed by atoms with E-state index in [-0.39, 0.29) is 11.8 Å². The maximum absolute atomic E-state index is 12.4. The van der Waals surface area contributed by atoms with Crippen LogP contribution in [0.4, 0.5) is 10.8 Å². The zero-order chi connectivity index (χ0) is 18.5. The number of benzene rings is 2. The summed E-state index contributed by atoms with van der Waals surface area (Å²) in [5.41, 5.74) is 3.25. The summed E-state index contributed by atoms with van der Waals surface area (Å²) in [5, 5.41) is 5.40. The van der Waals surface area contributed by atoms with E-state index in [0.717, 1.165) is 11.1 Å². The van der Waals surface area contributed by atoms with E-state index in [9.17, 15) is 9.59 Å². The first-order valence-corrected chi connectivity index (χ1v) is 9.05. The van der Waals surface area contributed by atoms with Gasteiger partial charge in [0.1, 0.15) is 0 Å². The average molecular weight is 365 g/mol. The van der Waals surface area contributed by atoms with Crippen LogP contribution in [0.15, 0.2) is 60.1 Å². The fraction of sp³-hybridized carbons (Fsp3) is 0.150. The molecule has 0 bridgehead atoms. The number of aromatic nitrogens is 1. The van der Waals surface area contributed by atoms with E-state index in [2.05, 4.69) is 10.3 Å². The van der Waals surface area contributed by atoms with E-state index in [1.807, 2.05) is 54.8 Å². The van der Waals surface area contributed by atoms with Crippen molar-refractivity contribution in [2.45, 2.75) is 20.4 Å². The van der Waals surface area contributed by atoms with Crippen LogP contribution >= 0.6 is 11.3 Å². The van der Waals surface area contributed by atoms with Crippen LogP contribution in [-0.4, -0.2) is 16.8 Å². The molecule has 3 aromatic rings. The molecule has 1 aromatic heterocycles. The molecule has 26 heavy (non-hydrogen) atoms. The Balaban J connectivity index is 1.75. The minimum absolute atomic E-state index is 0.0749. The third-order valence-corrected chi connectivity index (χ3v) is 4.63. The van der Waals surface area contributed by atoms with Crippen LogP contribution in [0, 0.1) is 6.92 Å². The molecule has 1 heterocycles. The van der Waals surface area contributed by atoms with Gasteiger partial charge in [-0.3, -0.25) is 14.5 Å². The lowest BCUT2D eigenvalue weighted by atomic mass is 10.1. The van der Waals surface area contributed by atoms with Gasteiger partial charge in [0.05, 0.1) is 6.54 Å². The van der Waals surface area contributed by atoms with Crippen molar-refractivity contribution < 1.29 is 9.59 Å². The second kappa shape index (κ2) is 7.93. The van der Waals surface area contributed by atoms with E-state index >= 15 is 0 Å². The Morgan fingerprint density at radius 1 is 1.15 bits per heavy atom. The summed E-state index contributed by atoms with van der Waals surface area (Å²) in [5.74, 6) is -0.233. The molecule has 2 amide bonds. The first kappa shape index (κ1) is 17.8. The average Bonchev–Trinajstić information content (AvgIpc) is 3.14. The van der Waals surface area contributed by atoms with Gasteiger partial charge in [0.2, 0.25) is 5.91 Å².